The standard InChI is InChI=1S/C13H16BrNO3/c1-13(2,3)18-12(16)15-10-7-17-11-5-4-8(14)6-9(10)11/h4-6,10H,7H2,1-3H3,(H,15,16). The van der Waals surface area contributed by atoms with Crippen molar-refractivity contribution in [3.63, 3.8) is 0 Å². The van der Waals surface area contributed by atoms with Gasteiger partial charge in [-0.15, -0.1) is 0 Å². The maximum absolute atomic E-state index is 11.7. The lowest BCUT2D eigenvalue weighted by molar-refractivity contribution is 0.0497. The number of hydrogen-bond donors (Lipinski definition) is 1. The van der Waals surface area contributed by atoms with Gasteiger partial charge in [-0.25, -0.2) is 4.79 Å². The van der Waals surface area contributed by atoms with Crippen molar-refractivity contribution < 1.29 is 14.3 Å². The molecule has 5 heteroatoms. The Kier molecular flexibility index (Phi) is 3.52. The van der Waals surface area contributed by atoms with Crippen molar-refractivity contribution in [2.45, 2.75) is 32.4 Å². The Labute approximate surface area is 115 Å². The lowest BCUT2D eigenvalue weighted by Crippen LogP contribution is -2.35. The Balaban J connectivity index is 2.06. The predicted octanol–water partition coefficient (Wildman–Crippen LogP) is 3.41. The van der Waals surface area contributed by atoms with Gasteiger partial charge in [0.2, 0.25) is 0 Å². The van der Waals surface area contributed by atoms with Crippen LogP contribution in [0.5, 0.6) is 5.75 Å². The van der Waals surface area contributed by atoms with E-state index < -0.39 is 11.7 Å². The molecule has 0 bridgehead atoms. The topological polar surface area (TPSA) is 47.6 Å². The minimum absolute atomic E-state index is 0.160. The zero-order valence-electron chi connectivity index (χ0n) is 10.6. The molecule has 1 aromatic rings. The second-order valence-corrected chi connectivity index (χ2v) is 6.11. The van der Waals surface area contributed by atoms with Gasteiger partial charge in [0.1, 0.15) is 18.0 Å². The molecule has 1 N–H and O–H groups in total. The monoisotopic (exact) mass is 313 g/mol. The fraction of sp³-hybridized carbons (Fsp3) is 0.462. The van der Waals surface area contributed by atoms with Crippen LogP contribution >= 0.6 is 15.9 Å². The summed E-state index contributed by atoms with van der Waals surface area (Å²) < 4.78 is 11.7. The first-order valence-corrected chi connectivity index (χ1v) is 6.56. The van der Waals surface area contributed by atoms with Crippen molar-refractivity contribution in [3.05, 3.63) is 28.2 Å². The average molecular weight is 314 g/mol. The summed E-state index contributed by atoms with van der Waals surface area (Å²) in [5.41, 5.74) is 0.471. The summed E-state index contributed by atoms with van der Waals surface area (Å²) in [6, 6.07) is 5.59. The largest absolute Gasteiger partial charge is 0.491 e. The van der Waals surface area contributed by atoms with Gasteiger partial charge in [-0.1, -0.05) is 15.9 Å². The van der Waals surface area contributed by atoms with E-state index in [4.69, 9.17) is 9.47 Å². The number of carbonyl (C=O) groups excluding carboxylic acids is 1. The van der Waals surface area contributed by atoms with Crippen LogP contribution in [0.15, 0.2) is 22.7 Å². The number of hydrogen-bond acceptors (Lipinski definition) is 3. The van der Waals surface area contributed by atoms with Gasteiger partial charge in [-0.2, -0.15) is 0 Å². The minimum atomic E-state index is -0.496. The summed E-state index contributed by atoms with van der Waals surface area (Å²) in [4.78, 5) is 11.7. The molecule has 0 aliphatic carbocycles. The van der Waals surface area contributed by atoms with Gasteiger partial charge in [0.15, 0.2) is 0 Å². The molecule has 1 aliphatic heterocycles. The van der Waals surface area contributed by atoms with E-state index in [0.717, 1.165) is 15.8 Å². The highest BCUT2D eigenvalue weighted by molar-refractivity contribution is 9.10. The minimum Gasteiger partial charge on any atom is -0.491 e. The summed E-state index contributed by atoms with van der Waals surface area (Å²) in [6.07, 6.45) is -0.427. The molecule has 0 aromatic heterocycles. The molecular weight excluding hydrogens is 298 g/mol. The summed E-state index contributed by atoms with van der Waals surface area (Å²) in [5, 5.41) is 2.81. The van der Waals surface area contributed by atoms with Crippen molar-refractivity contribution in [1.82, 2.24) is 5.32 Å². The molecule has 1 unspecified atom stereocenters. The number of halogens is 1. The molecule has 1 atom stereocenters. The Morgan fingerprint density at radius 2 is 2.22 bits per heavy atom. The maximum atomic E-state index is 11.7. The second-order valence-electron chi connectivity index (χ2n) is 5.19. The summed E-state index contributed by atoms with van der Waals surface area (Å²) in [7, 11) is 0. The summed E-state index contributed by atoms with van der Waals surface area (Å²) in [5.74, 6) is 0.805. The van der Waals surface area contributed by atoms with Crippen molar-refractivity contribution in [2.24, 2.45) is 0 Å². The Morgan fingerprint density at radius 1 is 1.50 bits per heavy atom. The van der Waals surface area contributed by atoms with Crippen molar-refractivity contribution >= 4 is 22.0 Å². The zero-order valence-corrected chi connectivity index (χ0v) is 12.2. The van der Waals surface area contributed by atoms with Gasteiger partial charge >= 0.3 is 6.09 Å². The Bertz CT molecular complexity index is 468. The third-order valence-electron chi connectivity index (χ3n) is 2.44. The van der Waals surface area contributed by atoms with Crippen LogP contribution in [-0.4, -0.2) is 18.3 Å². The van der Waals surface area contributed by atoms with Crippen LogP contribution in [0.1, 0.15) is 32.4 Å². The summed E-state index contributed by atoms with van der Waals surface area (Å²) in [6.45, 7) is 5.94. The molecule has 2 rings (SSSR count). The van der Waals surface area contributed by atoms with E-state index in [1.54, 1.807) is 0 Å². The fourth-order valence-corrected chi connectivity index (χ4v) is 2.13. The molecule has 0 saturated heterocycles. The Morgan fingerprint density at radius 3 is 2.89 bits per heavy atom. The number of nitrogens with one attached hydrogen (secondary N) is 1. The number of carbonyl (C=O) groups is 1. The van der Waals surface area contributed by atoms with E-state index in [2.05, 4.69) is 21.2 Å². The third kappa shape index (κ3) is 3.16. The molecule has 4 nitrogen and oxygen atoms in total. The number of benzene rings is 1. The molecule has 1 aromatic carbocycles. The predicted molar refractivity (Wildman–Crippen MR) is 71.7 cm³/mol. The van der Waals surface area contributed by atoms with Gasteiger partial charge < -0.3 is 14.8 Å². The van der Waals surface area contributed by atoms with E-state index in [0.29, 0.717) is 6.61 Å². The highest BCUT2D eigenvalue weighted by Crippen LogP contribution is 2.34. The molecule has 1 amide bonds. The van der Waals surface area contributed by atoms with Crippen LogP contribution in [-0.2, 0) is 4.74 Å². The molecule has 0 saturated carbocycles. The first-order valence-electron chi connectivity index (χ1n) is 5.77. The smallest absolute Gasteiger partial charge is 0.408 e. The lowest BCUT2D eigenvalue weighted by Gasteiger charge is -2.21. The number of fused-ring (bicyclic) bond motifs is 1. The van der Waals surface area contributed by atoms with Crippen LogP contribution < -0.4 is 10.1 Å². The van der Waals surface area contributed by atoms with E-state index in [1.165, 1.54) is 0 Å². The van der Waals surface area contributed by atoms with E-state index in [9.17, 15) is 4.79 Å². The SMILES string of the molecule is CC(C)(C)OC(=O)NC1COc2ccc(Br)cc21. The van der Waals surface area contributed by atoms with Crippen LogP contribution in [0.4, 0.5) is 4.79 Å². The third-order valence-corrected chi connectivity index (χ3v) is 2.94. The molecule has 0 fully saturated rings. The van der Waals surface area contributed by atoms with E-state index >= 15 is 0 Å². The molecule has 18 heavy (non-hydrogen) atoms. The zero-order chi connectivity index (χ0) is 13.3. The highest BCUT2D eigenvalue weighted by atomic mass is 79.9. The first kappa shape index (κ1) is 13.2. The molecule has 1 heterocycles. The van der Waals surface area contributed by atoms with Gasteiger partial charge in [0, 0.05) is 10.0 Å². The fourth-order valence-electron chi connectivity index (χ4n) is 1.76. The van der Waals surface area contributed by atoms with Crippen molar-refractivity contribution in [1.29, 1.82) is 0 Å². The normalized spacial score (nSPS) is 17.9. The number of alkyl carbamates (subject to hydrolysis) is 1. The van der Waals surface area contributed by atoms with E-state index in [1.807, 2.05) is 39.0 Å². The second kappa shape index (κ2) is 4.80. The lowest BCUT2D eigenvalue weighted by atomic mass is 10.1. The molecular formula is C13H16BrNO3. The average Bonchev–Trinajstić information content (AvgIpc) is 2.58. The Hall–Kier alpha value is -1.23. The van der Waals surface area contributed by atoms with Gasteiger partial charge in [-0.3, -0.25) is 0 Å². The van der Waals surface area contributed by atoms with Crippen LogP contribution in [0.3, 0.4) is 0 Å². The first-order chi connectivity index (χ1) is 8.35. The molecule has 1 aliphatic rings. The van der Waals surface area contributed by atoms with Crippen molar-refractivity contribution in [3.8, 4) is 5.75 Å². The number of amides is 1. The van der Waals surface area contributed by atoms with Crippen LogP contribution in [0, 0.1) is 0 Å². The molecule has 0 spiro atoms. The number of rotatable bonds is 1. The van der Waals surface area contributed by atoms with E-state index in [-0.39, 0.29) is 6.04 Å². The maximum Gasteiger partial charge on any atom is 0.408 e. The molecule has 0 radical (unpaired) electrons. The quantitative estimate of drug-likeness (QED) is 0.864. The molecule has 98 valence electrons. The number of ether oxygens (including phenoxy) is 2. The van der Waals surface area contributed by atoms with Gasteiger partial charge in [-0.05, 0) is 39.0 Å². The van der Waals surface area contributed by atoms with Crippen molar-refractivity contribution in [2.75, 3.05) is 6.61 Å². The van der Waals surface area contributed by atoms with Gasteiger partial charge in [0.25, 0.3) is 0 Å². The van der Waals surface area contributed by atoms with Gasteiger partial charge in [0.05, 0.1) is 6.04 Å². The highest BCUT2D eigenvalue weighted by Gasteiger charge is 2.27. The van der Waals surface area contributed by atoms with Crippen LogP contribution in [0.2, 0.25) is 0 Å². The summed E-state index contributed by atoms with van der Waals surface area (Å²) >= 11 is 3.41. The van der Waals surface area contributed by atoms with Crippen LogP contribution in [0.25, 0.3) is 0 Å².